The summed E-state index contributed by atoms with van der Waals surface area (Å²) in [6.45, 7) is 7.19. The van der Waals surface area contributed by atoms with Crippen LogP contribution < -0.4 is 10.8 Å². The summed E-state index contributed by atoms with van der Waals surface area (Å²) in [5.41, 5.74) is -7.12. The van der Waals surface area contributed by atoms with Crippen molar-refractivity contribution in [3.63, 3.8) is 0 Å². The number of nitrogens with one attached hydrogen (secondary N) is 2. The average molecular weight is 627 g/mol. The second kappa shape index (κ2) is 11.7. The van der Waals surface area contributed by atoms with E-state index in [-0.39, 0.29) is 47.1 Å². The third-order valence-corrected chi connectivity index (χ3v) is 6.36. The fourth-order valence-electron chi connectivity index (χ4n) is 4.11. The average Bonchev–Trinajstić information content (AvgIpc) is 3.34. The molecule has 3 rings (SSSR count). The number of aliphatic imine (C=N–C) groups is 1. The van der Waals surface area contributed by atoms with Crippen LogP contribution in [-0.2, 0) is 27.6 Å². The minimum Gasteiger partial charge on any atom is -0.374 e. The van der Waals surface area contributed by atoms with E-state index in [1.165, 1.54) is 25.1 Å². The van der Waals surface area contributed by atoms with Gasteiger partial charge in [-0.15, -0.1) is 0 Å². The molecule has 0 saturated carbocycles. The largest absolute Gasteiger partial charge is 0.435 e. The van der Waals surface area contributed by atoms with Gasteiger partial charge in [0.25, 0.3) is 5.60 Å². The Hall–Kier alpha value is -3.82. The molecule has 0 aliphatic carbocycles. The summed E-state index contributed by atoms with van der Waals surface area (Å²) in [5.74, 6) is -0.589. The molecule has 0 spiro atoms. The van der Waals surface area contributed by atoms with Crippen LogP contribution in [0.3, 0.4) is 0 Å². The first-order valence-corrected chi connectivity index (χ1v) is 12.5. The monoisotopic (exact) mass is 626 g/mol. The molecule has 7 nitrogen and oxygen atoms in total. The smallest absolute Gasteiger partial charge is 0.374 e. The molecule has 0 aromatic heterocycles. The molecule has 2 aromatic rings. The zero-order valence-electron chi connectivity index (χ0n) is 23.1. The van der Waals surface area contributed by atoms with Crippen molar-refractivity contribution in [3.8, 4) is 0 Å². The molecule has 16 heteroatoms. The number of hydrogen-bond donors (Lipinski definition) is 3. The molecule has 1 aliphatic heterocycles. The number of amides is 1. The van der Waals surface area contributed by atoms with E-state index in [1.807, 2.05) is 26.3 Å². The number of hydroxylamine groups is 1. The van der Waals surface area contributed by atoms with Crippen LogP contribution in [-0.4, -0.2) is 41.9 Å². The van der Waals surface area contributed by atoms with Crippen LogP contribution in [0.5, 0.6) is 0 Å². The van der Waals surface area contributed by atoms with E-state index in [0.717, 1.165) is 0 Å². The number of carbonyl (C=O) groups is 1. The number of hydrogen-bond acceptors (Lipinski definition) is 5. The van der Waals surface area contributed by atoms with Gasteiger partial charge in [0.2, 0.25) is 5.91 Å². The van der Waals surface area contributed by atoms with Gasteiger partial charge in [-0.2, -0.15) is 39.5 Å². The maximum absolute atomic E-state index is 14.4. The molecule has 1 unspecified atom stereocenters. The SMILES string of the molecule is Cc1cc(C2=NOC(c3cc(C(F)(F)F)cc(C(F)(F)F)c3)(C(F)(F)F)C2)ccc1C(=NCC(=O)NCC(C)(C)C)NO. The van der Waals surface area contributed by atoms with Gasteiger partial charge in [-0.25, -0.2) is 0 Å². The van der Waals surface area contributed by atoms with Crippen LogP contribution in [0.25, 0.3) is 0 Å². The number of alkyl halides is 9. The first kappa shape index (κ1) is 33.7. The summed E-state index contributed by atoms with van der Waals surface area (Å²) in [6, 6.07) is 3.52. The van der Waals surface area contributed by atoms with Crippen LogP contribution >= 0.6 is 0 Å². The first-order valence-electron chi connectivity index (χ1n) is 12.5. The summed E-state index contributed by atoms with van der Waals surface area (Å²) < 4.78 is 123. The van der Waals surface area contributed by atoms with Crippen molar-refractivity contribution in [2.24, 2.45) is 15.6 Å². The second-order valence-electron chi connectivity index (χ2n) is 11.1. The standard InChI is InChI=1S/C27H27F9N4O3/c1-14-7-15(5-6-19(14)22(39-42)37-12-21(41)38-13-23(2,3)4)20-11-24(43-40-20,27(34,35)36)16-8-17(25(28,29)30)10-18(9-16)26(31,32)33/h5-10,42H,11-13H2,1-4H3,(H,37,39)(H,38,41). The molecule has 2 aromatic carbocycles. The fourth-order valence-corrected chi connectivity index (χ4v) is 4.11. The van der Waals surface area contributed by atoms with Crippen molar-refractivity contribution in [2.75, 3.05) is 13.1 Å². The molecule has 1 amide bonds. The Kier molecular flexibility index (Phi) is 9.16. The Labute approximate surface area is 239 Å². The highest BCUT2D eigenvalue weighted by Crippen LogP contribution is 2.51. The number of amidine groups is 1. The molecule has 0 bridgehead atoms. The molecule has 1 atom stereocenters. The van der Waals surface area contributed by atoms with E-state index in [1.54, 1.807) is 0 Å². The number of carbonyl (C=O) groups excluding carboxylic acids is 1. The zero-order chi connectivity index (χ0) is 32.6. The highest BCUT2D eigenvalue weighted by Gasteiger charge is 2.63. The van der Waals surface area contributed by atoms with E-state index >= 15 is 0 Å². The van der Waals surface area contributed by atoms with E-state index in [9.17, 15) is 49.5 Å². The van der Waals surface area contributed by atoms with Gasteiger partial charge in [0.05, 0.1) is 16.8 Å². The summed E-state index contributed by atoms with van der Waals surface area (Å²) in [7, 11) is 0. The maximum atomic E-state index is 14.4. The van der Waals surface area contributed by atoms with Gasteiger partial charge >= 0.3 is 18.5 Å². The molecular weight excluding hydrogens is 599 g/mol. The molecule has 3 N–H and O–H groups in total. The number of aryl methyl sites for hydroxylation is 1. The van der Waals surface area contributed by atoms with E-state index in [0.29, 0.717) is 12.1 Å². The van der Waals surface area contributed by atoms with Gasteiger partial charge < -0.3 is 10.2 Å². The lowest BCUT2D eigenvalue weighted by Crippen LogP contribution is -2.43. The maximum Gasteiger partial charge on any atom is 0.435 e. The Balaban J connectivity index is 1.95. The van der Waals surface area contributed by atoms with Crippen molar-refractivity contribution >= 4 is 17.5 Å². The van der Waals surface area contributed by atoms with Crippen molar-refractivity contribution in [3.05, 3.63) is 69.8 Å². The third kappa shape index (κ3) is 7.77. The van der Waals surface area contributed by atoms with Crippen LogP contribution in [0.4, 0.5) is 39.5 Å². The number of benzene rings is 2. The molecule has 0 saturated heterocycles. The number of nitrogens with zero attached hydrogens (tertiary/aromatic N) is 2. The van der Waals surface area contributed by atoms with Crippen molar-refractivity contribution in [1.29, 1.82) is 0 Å². The topological polar surface area (TPSA) is 95.3 Å². The normalized spacial score (nSPS) is 18.3. The van der Waals surface area contributed by atoms with Crippen LogP contribution in [0.2, 0.25) is 0 Å². The molecule has 43 heavy (non-hydrogen) atoms. The number of oxime groups is 1. The Morgan fingerprint density at radius 2 is 1.56 bits per heavy atom. The predicted octanol–water partition coefficient (Wildman–Crippen LogP) is 6.50. The predicted molar refractivity (Wildman–Crippen MR) is 136 cm³/mol. The van der Waals surface area contributed by atoms with E-state index in [2.05, 4.69) is 20.3 Å². The first-order chi connectivity index (χ1) is 19.6. The molecular formula is C27H27F9N4O3. The van der Waals surface area contributed by atoms with Gasteiger partial charge in [0.15, 0.2) is 5.84 Å². The number of halogens is 9. The molecule has 236 valence electrons. The summed E-state index contributed by atoms with van der Waals surface area (Å²) in [4.78, 5) is 20.8. The van der Waals surface area contributed by atoms with Gasteiger partial charge in [0, 0.05) is 24.1 Å². The highest BCUT2D eigenvalue weighted by atomic mass is 19.4. The van der Waals surface area contributed by atoms with Gasteiger partial charge in [-0.1, -0.05) is 38.1 Å². The Morgan fingerprint density at radius 1 is 0.977 bits per heavy atom. The quantitative estimate of drug-likeness (QED) is 0.148. The number of rotatable bonds is 6. The summed E-state index contributed by atoms with van der Waals surface area (Å²) in [5, 5.41) is 15.6. The fraction of sp³-hybridized carbons (Fsp3) is 0.444. The van der Waals surface area contributed by atoms with Crippen molar-refractivity contribution in [2.45, 2.75) is 58.2 Å². The molecule has 1 aliphatic rings. The lowest BCUT2D eigenvalue weighted by atomic mass is 9.84. The van der Waals surface area contributed by atoms with Gasteiger partial charge in [-0.3, -0.25) is 20.5 Å². The van der Waals surface area contributed by atoms with E-state index < -0.39 is 58.9 Å². The highest BCUT2D eigenvalue weighted by molar-refractivity contribution is 6.04. The lowest BCUT2D eigenvalue weighted by Gasteiger charge is -2.30. The lowest BCUT2D eigenvalue weighted by molar-refractivity contribution is -0.276. The van der Waals surface area contributed by atoms with Gasteiger partial charge in [0.1, 0.15) is 6.54 Å². The van der Waals surface area contributed by atoms with Crippen molar-refractivity contribution < 1.29 is 54.4 Å². The minimum atomic E-state index is -5.48. The Morgan fingerprint density at radius 3 is 2.02 bits per heavy atom. The van der Waals surface area contributed by atoms with Crippen LogP contribution in [0, 0.1) is 12.3 Å². The van der Waals surface area contributed by atoms with Crippen LogP contribution in [0.1, 0.15) is 60.6 Å². The zero-order valence-corrected chi connectivity index (χ0v) is 23.1. The second-order valence-corrected chi connectivity index (χ2v) is 11.1. The van der Waals surface area contributed by atoms with E-state index in [4.69, 9.17) is 0 Å². The van der Waals surface area contributed by atoms with Crippen molar-refractivity contribution in [1.82, 2.24) is 10.8 Å². The Bertz CT molecular complexity index is 1390. The van der Waals surface area contributed by atoms with Gasteiger partial charge in [-0.05, 0) is 47.7 Å². The third-order valence-electron chi connectivity index (χ3n) is 6.36. The minimum absolute atomic E-state index is 0.00982. The summed E-state index contributed by atoms with van der Waals surface area (Å²) >= 11 is 0. The molecule has 0 fully saturated rings. The van der Waals surface area contributed by atoms with Crippen LogP contribution in [0.15, 0.2) is 46.5 Å². The summed E-state index contributed by atoms with van der Waals surface area (Å²) in [6.07, 6.45) is -17.5. The molecule has 1 heterocycles. The molecule has 0 radical (unpaired) electrons.